The second kappa shape index (κ2) is 5.01. The van der Waals surface area contributed by atoms with E-state index in [1.165, 1.54) is 0 Å². The molecule has 6 nitrogen and oxygen atoms in total. The van der Waals surface area contributed by atoms with Gasteiger partial charge in [0, 0.05) is 0 Å². The molecule has 6 heteroatoms. The Balaban J connectivity index is 2.82. The van der Waals surface area contributed by atoms with Crippen LogP contribution in [-0.2, 0) is 0 Å². The lowest BCUT2D eigenvalue weighted by molar-refractivity contribution is 0.0830. The van der Waals surface area contributed by atoms with E-state index in [1.807, 2.05) is 6.92 Å². The van der Waals surface area contributed by atoms with Gasteiger partial charge in [-0.05, 0) is 18.6 Å². The quantitative estimate of drug-likeness (QED) is 0.496. The lowest BCUT2D eigenvalue weighted by Gasteiger charge is -2.28. The first-order chi connectivity index (χ1) is 7.15. The highest BCUT2D eigenvalue weighted by Gasteiger charge is 2.28. The zero-order valence-corrected chi connectivity index (χ0v) is 8.51. The minimum Gasteiger partial charge on any atom is -0.394 e. The molecule has 0 radical (unpaired) electrons. The summed E-state index contributed by atoms with van der Waals surface area (Å²) in [6, 6.07) is 1.71. The van der Waals surface area contributed by atoms with Crippen molar-refractivity contribution < 1.29 is 15.3 Å². The van der Waals surface area contributed by atoms with Crippen molar-refractivity contribution >= 4 is 5.82 Å². The Kier molecular flexibility index (Phi) is 3.96. The first-order valence-electron chi connectivity index (χ1n) is 4.56. The Labute approximate surface area is 87.6 Å². The first kappa shape index (κ1) is 11.8. The van der Waals surface area contributed by atoms with E-state index in [-0.39, 0.29) is 0 Å². The van der Waals surface area contributed by atoms with E-state index in [2.05, 4.69) is 15.5 Å². The van der Waals surface area contributed by atoms with Crippen molar-refractivity contribution in [2.45, 2.75) is 12.5 Å². The number of hydrogen-bond acceptors (Lipinski definition) is 6. The molecule has 0 saturated carbocycles. The number of hydrogen-bond donors (Lipinski definition) is 4. The highest BCUT2D eigenvalue weighted by Crippen LogP contribution is 2.12. The summed E-state index contributed by atoms with van der Waals surface area (Å²) in [5.74, 6) is 0.409. The van der Waals surface area contributed by atoms with Gasteiger partial charge < -0.3 is 20.6 Å². The van der Waals surface area contributed by atoms with Crippen molar-refractivity contribution in [1.82, 2.24) is 10.2 Å². The molecular formula is C9H15N3O3. The molecule has 15 heavy (non-hydrogen) atoms. The monoisotopic (exact) mass is 213 g/mol. The van der Waals surface area contributed by atoms with Gasteiger partial charge in [-0.1, -0.05) is 0 Å². The van der Waals surface area contributed by atoms with Crippen molar-refractivity contribution in [3.05, 3.63) is 17.8 Å². The van der Waals surface area contributed by atoms with Crippen LogP contribution >= 0.6 is 0 Å². The van der Waals surface area contributed by atoms with Crippen molar-refractivity contribution in [1.29, 1.82) is 0 Å². The largest absolute Gasteiger partial charge is 0.394 e. The Hall–Kier alpha value is -1.24. The predicted octanol–water partition coefficient (Wildman–Crippen LogP) is -1.09. The van der Waals surface area contributed by atoms with Gasteiger partial charge in [-0.2, -0.15) is 5.10 Å². The van der Waals surface area contributed by atoms with Crippen molar-refractivity contribution in [3.63, 3.8) is 0 Å². The Morgan fingerprint density at radius 2 is 1.87 bits per heavy atom. The summed E-state index contributed by atoms with van der Waals surface area (Å²) in [6.45, 7) is 0.666. The normalized spacial score (nSPS) is 11.5. The standard InChI is InChI=1S/C9H15N3O3/c1-7-2-8(12-10-3-7)11-9(4-13,5-14)6-15/h2-3,13-15H,4-6H2,1H3,(H,11,12). The minimum absolute atomic E-state index is 0.393. The first-order valence-corrected chi connectivity index (χ1v) is 4.56. The SMILES string of the molecule is Cc1cnnc(NC(CO)(CO)CO)c1. The van der Waals surface area contributed by atoms with Crippen LogP contribution in [0.1, 0.15) is 5.56 Å². The summed E-state index contributed by atoms with van der Waals surface area (Å²) in [5, 5.41) is 37.5. The molecule has 0 fully saturated rings. The summed E-state index contributed by atoms with van der Waals surface area (Å²) < 4.78 is 0. The van der Waals surface area contributed by atoms with E-state index in [4.69, 9.17) is 15.3 Å². The van der Waals surface area contributed by atoms with Crippen LogP contribution in [0.2, 0.25) is 0 Å². The molecule has 0 unspecified atom stereocenters. The van der Waals surface area contributed by atoms with Gasteiger partial charge in [-0.15, -0.1) is 5.10 Å². The zero-order chi connectivity index (χ0) is 11.3. The maximum Gasteiger partial charge on any atom is 0.149 e. The van der Waals surface area contributed by atoms with E-state index in [1.54, 1.807) is 12.3 Å². The fourth-order valence-corrected chi connectivity index (χ4v) is 1.07. The molecule has 0 aromatic carbocycles. The number of rotatable bonds is 5. The Morgan fingerprint density at radius 1 is 1.27 bits per heavy atom. The maximum absolute atomic E-state index is 9.08. The van der Waals surface area contributed by atoms with Crippen LogP contribution in [0.4, 0.5) is 5.82 Å². The molecule has 84 valence electrons. The molecule has 0 amide bonds. The molecule has 0 aliphatic heterocycles. The third-order valence-electron chi connectivity index (χ3n) is 2.09. The van der Waals surface area contributed by atoms with Gasteiger partial charge in [0.05, 0.1) is 26.0 Å². The van der Waals surface area contributed by atoms with Crippen LogP contribution < -0.4 is 5.32 Å². The lowest BCUT2D eigenvalue weighted by atomic mass is 10.0. The highest BCUT2D eigenvalue weighted by atomic mass is 16.3. The van der Waals surface area contributed by atoms with E-state index in [9.17, 15) is 0 Å². The van der Waals surface area contributed by atoms with Crippen molar-refractivity contribution in [2.24, 2.45) is 0 Å². The summed E-state index contributed by atoms with van der Waals surface area (Å²) in [4.78, 5) is 0. The molecule has 0 aliphatic rings. The number of aliphatic hydroxyl groups is 3. The maximum atomic E-state index is 9.08. The zero-order valence-electron chi connectivity index (χ0n) is 8.51. The van der Waals surface area contributed by atoms with E-state index in [0.29, 0.717) is 5.82 Å². The number of nitrogens with one attached hydrogen (secondary N) is 1. The van der Waals surface area contributed by atoms with Crippen molar-refractivity contribution in [2.75, 3.05) is 25.1 Å². The Morgan fingerprint density at radius 3 is 2.33 bits per heavy atom. The number of aryl methyl sites for hydroxylation is 1. The van der Waals surface area contributed by atoms with Crippen LogP contribution in [0.3, 0.4) is 0 Å². The predicted molar refractivity (Wildman–Crippen MR) is 54.4 cm³/mol. The molecular weight excluding hydrogens is 198 g/mol. The van der Waals surface area contributed by atoms with Crippen LogP contribution in [0.15, 0.2) is 12.3 Å². The van der Waals surface area contributed by atoms with Gasteiger partial charge >= 0.3 is 0 Å². The molecule has 0 saturated heterocycles. The molecule has 0 aliphatic carbocycles. The van der Waals surface area contributed by atoms with Gasteiger partial charge in [-0.25, -0.2) is 0 Å². The summed E-state index contributed by atoms with van der Waals surface area (Å²) in [6.07, 6.45) is 1.59. The number of aliphatic hydroxyl groups excluding tert-OH is 3. The summed E-state index contributed by atoms with van der Waals surface area (Å²) in [7, 11) is 0. The number of nitrogens with zero attached hydrogens (tertiary/aromatic N) is 2. The van der Waals surface area contributed by atoms with Gasteiger partial charge in [-0.3, -0.25) is 0 Å². The molecule has 0 atom stereocenters. The highest BCUT2D eigenvalue weighted by molar-refractivity contribution is 5.38. The summed E-state index contributed by atoms with van der Waals surface area (Å²) in [5.41, 5.74) is -0.266. The fraction of sp³-hybridized carbons (Fsp3) is 0.556. The van der Waals surface area contributed by atoms with Crippen molar-refractivity contribution in [3.8, 4) is 0 Å². The van der Waals surface area contributed by atoms with Crippen LogP contribution in [0, 0.1) is 6.92 Å². The number of anilines is 1. The molecule has 0 bridgehead atoms. The minimum atomic E-state index is -1.16. The summed E-state index contributed by atoms with van der Waals surface area (Å²) >= 11 is 0. The molecule has 0 spiro atoms. The van der Waals surface area contributed by atoms with Crippen LogP contribution in [-0.4, -0.2) is 50.9 Å². The lowest BCUT2D eigenvalue weighted by Crippen LogP contribution is -2.49. The van der Waals surface area contributed by atoms with Gasteiger partial charge in [0.1, 0.15) is 11.4 Å². The van der Waals surface area contributed by atoms with Gasteiger partial charge in [0.2, 0.25) is 0 Å². The van der Waals surface area contributed by atoms with Gasteiger partial charge in [0.25, 0.3) is 0 Å². The van der Waals surface area contributed by atoms with E-state index < -0.39 is 25.4 Å². The second-order valence-electron chi connectivity index (χ2n) is 3.50. The second-order valence-corrected chi connectivity index (χ2v) is 3.50. The molecule has 1 rings (SSSR count). The van der Waals surface area contributed by atoms with Crippen LogP contribution in [0.5, 0.6) is 0 Å². The third kappa shape index (κ3) is 2.85. The molecule has 1 aromatic rings. The van der Waals surface area contributed by atoms with Gasteiger partial charge in [0.15, 0.2) is 0 Å². The average molecular weight is 213 g/mol. The third-order valence-corrected chi connectivity index (χ3v) is 2.09. The smallest absolute Gasteiger partial charge is 0.149 e. The molecule has 1 heterocycles. The topological polar surface area (TPSA) is 98.5 Å². The Bertz CT molecular complexity index is 307. The fourth-order valence-electron chi connectivity index (χ4n) is 1.07. The van der Waals surface area contributed by atoms with Crippen LogP contribution in [0.25, 0.3) is 0 Å². The number of aromatic nitrogens is 2. The van der Waals surface area contributed by atoms with E-state index >= 15 is 0 Å². The average Bonchev–Trinajstić information content (AvgIpc) is 2.26. The molecule has 4 N–H and O–H groups in total. The molecule has 1 aromatic heterocycles. The van der Waals surface area contributed by atoms with E-state index in [0.717, 1.165) is 5.56 Å².